The van der Waals surface area contributed by atoms with Gasteiger partial charge in [0, 0.05) is 45.0 Å². The van der Waals surface area contributed by atoms with E-state index in [1.807, 2.05) is 59.7 Å². The molecular weight excluding hydrogens is 452 g/mol. The number of rotatable bonds is 6. The van der Waals surface area contributed by atoms with Gasteiger partial charge in [0.25, 0.3) is 5.91 Å². The zero-order valence-electron chi connectivity index (χ0n) is 19.7. The number of esters is 1. The molecule has 0 radical (unpaired) electrons. The summed E-state index contributed by atoms with van der Waals surface area (Å²) in [6.45, 7) is 6.32. The highest BCUT2D eigenvalue weighted by Crippen LogP contribution is 2.31. The van der Waals surface area contributed by atoms with Crippen molar-refractivity contribution in [2.45, 2.75) is 25.9 Å². The highest BCUT2D eigenvalue weighted by Gasteiger charge is 2.38. The number of nitrogens with zero attached hydrogens (tertiary/aromatic N) is 3. The van der Waals surface area contributed by atoms with Gasteiger partial charge in [0.2, 0.25) is 0 Å². The van der Waals surface area contributed by atoms with Crippen LogP contribution in [0.25, 0.3) is 0 Å². The zero-order chi connectivity index (χ0) is 24.2. The lowest BCUT2D eigenvalue weighted by molar-refractivity contribution is -0.139. The Bertz CT molecular complexity index is 1070. The Morgan fingerprint density at radius 1 is 1.15 bits per heavy atom. The molecule has 1 saturated heterocycles. The van der Waals surface area contributed by atoms with Crippen LogP contribution in [0.5, 0.6) is 0 Å². The topological polar surface area (TPSA) is 82.2 Å². The van der Waals surface area contributed by atoms with Crippen LogP contribution < -0.4 is 5.32 Å². The quantitative estimate of drug-likeness (QED) is 0.640. The Balaban J connectivity index is 1.60. The molecule has 2 aromatic rings. The molecule has 8 nitrogen and oxygen atoms in total. The van der Waals surface area contributed by atoms with E-state index < -0.39 is 12.0 Å². The summed E-state index contributed by atoms with van der Waals surface area (Å²) in [6, 6.07) is 12.3. The van der Waals surface area contributed by atoms with Gasteiger partial charge in [0.15, 0.2) is 0 Å². The number of urea groups is 1. The molecule has 0 bridgehead atoms. The van der Waals surface area contributed by atoms with Gasteiger partial charge in [-0.1, -0.05) is 36.4 Å². The van der Waals surface area contributed by atoms with E-state index in [9.17, 15) is 14.4 Å². The van der Waals surface area contributed by atoms with Crippen LogP contribution in [0.4, 0.5) is 4.79 Å². The second-order valence-electron chi connectivity index (χ2n) is 8.49. The number of thiophene rings is 1. The van der Waals surface area contributed by atoms with Crippen molar-refractivity contribution in [2.24, 2.45) is 0 Å². The summed E-state index contributed by atoms with van der Waals surface area (Å²) in [5, 5.41) is 4.85. The van der Waals surface area contributed by atoms with E-state index in [0.717, 1.165) is 10.4 Å². The van der Waals surface area contributed by atoms with Crippen LogP contribution in [0.1, 0.15) is 35.1 Å². The molecule has 1 fully saturated rings. The SMILES string of the molecule is CCOC(=O)C1=C(CN2CCN(C(=O)c3cccs3)[C@@H](C)C2)N(C)C(=O)N[C@H]1c1ccccc1. The number of benzene rings is 1. The first-order chi connectivity index (χ1) is 16.4. The predicted molar refractivity (Wildman–Crippen MR) is 130 cm³/mol. The standard InChI is InChI=1S/C25H30N4O4S/c1-4-33-24(31)21-19(27(3)25(32)26-22(21)18-9-6-5-7-10-18)16-28-12-13-29(17(2)15-28)23(30)20-11-8-14-34-20/h5-11,14,17,22H,4,12-13,15-16H2,1-3H3,(H,26,32)/t17-,22-/m0/s1. The van der Waals surface area contributed by atoms with Crippen LogP contribution in [-0.2, 0) is 9.53 Å². The van der Waals surface area contributed by atoms with Crippen molar-refractivity contribution >= 4 is 29.2 Å². The summed E-state index contributed by atoms with van der Waals surface area (Å²) in [5.74, 6) is -0.385. The largest absolute Gasteiger partial charge is 0.463 e. The Morgan fingerprint density at radius 3 is 2.56 bits per heavy atom. The number of ether oxygens (including phenoxy) is 1. The van der Waals surface area contributed by atoms with Crippen LogP contribution >= 0.6 is 11.3 Å². The van der Waals surface area contributed by atoms with Gasteiger partial charge < -0.3 is 15.0 Å². The molecule has 1 N–H and O–H groups in total. The number of carbonyl (C=O) groups excluding carboxylic acids is 3. The third kappa shape index (κ3) is 4.85. The molecule has 0 spiro atoms. The molecule has 3 amide bonds. The van der Waals surface area contributed by atoms with E-state index in [0.29, 0.717) is 37.4 Å². The second kappa shape index (κ2) is 10.4. The molecule has 180 valence electrons. The molecule has 3 heterocycles. The maximum atomic E-state index is 13.1. The van der Waals surface area contributed by atoms with Crippen LogP contribution in [0, 0.1) is 0 Å². The van der Waals surface area contributed by atoms with Gasteiger partial charge in [0.1, 0.15) is 0 Å². The summed E-state index contributed by atoms with van der Waals surface area (Å²) in [4.78, 5) is 45.1. The maximum Gasteiger partial charge on any atom is 0.338 e. The smallest absolute Gasteiger partial charge is 0.338 e. The Labute approximate surface area is 203 Å². The molecule has 1 aromatic carbocycles. The number of amides is 3. The molecule has 34 heavy (non-hydrogen) atoms. The van der Waals surface area contributed by atoms with Crippen LogP contribution in [-0.4, -0.2) is 78.5 Å². The molecule has 0 saturated carbocycles. The van der Waals surface area contributed by atoms with Crippen molar-refractivity contribution < 1.29 is 19.1 Å². The van der Waals surface area contributed by atoms with Crippen molar-refractivity contribution in [3.8, 4) is 0 Å². The minimum Gasteiger partial charge on any atom is -0.463 e. The van der Waals surface area contributed by atoms with Gasteiger partial charge in [-0.15, -0.1) is 11.3 Å². The fraction of sp³-hybridized carbons (Fsp3) is 0.400. The molecule has 2 aliphatic rings. The molecule has 1 aromatic heterocycles. The molecule has 9 heteroatoms. The number of likely N-dealkylation sites (N-methyl/N-ethyl adjacent to an activating group) is 1. The van der Waals surface area contributed by atoms with Crippen LogP contribution in [0.3, 0.4) is 0 Å². The summed E-state index contributed by atoms with van der Waals surface area (Å²) >= 11 is 1.45. The van der Waals surface area contributed by atoms with Crippen molar-refractivity contribution in [2.75, 3.05) is 39.8 Å². The first kappa shape index (κ1) is 24.0. The third-order valence-electron chi connectivity index (χ3n) is 6.28. The second-order valence-corrected chi connectivity index (χ2v) is 9.44. The van der Waals surface area contributed by atoms with Gasteiger partial charge in [-0.05, 0) is 30.9 Å². The first-order valence-electron chi connectivity index (χ1n) is 11.5. The predicted octanol–water partition coefficient (Wildman–Crippen LogP) is 3.11. The molecule has 4 rings (SSSR count). The van der Waals surface area contributed by atoms with Crippen molar-refractivity contribution in [1.29, 1.82) is 0 Å². The summed E-state index contributed by atoms with van der Waals surface area (Å²) in [6.07, 6.45) is 0. The van der Waals surface area contributed by atoms with Gasteiger partial charge in [-0.2, -0.15) is 0 Å². The van der Waals surface area contributed by atoms with E-state index in [1.165, 1.54) is 16.2 Å². The summed E-state index contributed by atoms with van der Waals surface area (Å²) < 4.78 is 5.40. The first-order valence-corrected chi connectivity index (χ1v) is 12.3. The van der Waals surface area contributed by atoms with Gasteiger partial charge in [-0.3, -0.25) is 14.6 Å². The average molecular weight is 483 g/mol. The lowest BCUT2D eigenvalue weighted by Crippen LogP contribution is -2.56. The van der Waals surface area contributed by atoms with Crippen molar-refractivity contribution in [1.82, 2.24) is 20.0 Å². The monoisotopic (exact) mass is 482 g/mol. The molecule has 0 unspecified atom stereocenters. The normalized spacial score (nSPS) is 21.4. The lowest BCUT2D eigenvalue weighted by Gasteiger charge is -2.42. The minimum atomic E-state index is -0.585. The van der Waals surface area contributed by atoms with Crippen molar-refractivity contribution in [3.63, 3.8) is 0 Å². The fourth-order valence-corrected chi connectivity index (χ4v) is 5.20. The Kier molecular flexibility index (Phi) is 7.33. The summed E-state index contributed by atoms with van der Waals surface area (Å²) in [7, 11) is 1.67. The lowest BCUT2D eigenvalue weighted by atomic mass is 9.94. The van der Waals surface area contributed by atoms with E-state index >= 15 is 0 Å². The molecular formula is C25H30N4O4S. The van der Waals surface area contributed by atoms with E-state index in [-0.39, 0.29) is 24.6 Å². The highest BCUT2D eigenvalue weighted by molar-refractivity contribution is 7.12. The molecule has 2 aliphatic heterocycles. The van der Waals surface area contributed by atoms with E-state index in [4.69, 9.17) is 4.74 Å². The molecule has 2 atom stereocenters. The number of carbonyl (C=O) groups is 3. The highest BCUT2D eigenvalue weighted by atomic mass is 32.1. The van der Waals surface area contributed by atoms with Crippen molar-refractivity contribution in [3.05, 3.63) is 69.6 Å². The van der Waals surface area contributed by atoms with Gasteiger partial charge >= 0.3 is 12.0 Å². The zero-order valence-corrected chi connectivity index (χ0v) is 20.5. The number of piperazine rings is 1. The van der Waals surface area contributed by atoms with Crippen LogP contribution in [0.15, 0.2) is 59.1 Å². The third-order valence-corrected chi connectivity index (χ3v) is 7.14. The van der Waals surface area contributed by atoms with E-state index in [1.54, 1.807) is 14.0 Å². The Morgan fingerprint density at radius 2 is 1.91 bits per heavy atom. The van der Waals surface area contributed by atoms with Crippen LogP contribution in [0.2, 0.25) is 0 Å². The van der Waals surface area contributed by atoms with E-state index in [2.05, 4.69) is 10.2 Å². The number of nitrogens with one attached hydrogen (secondary N) is 1. The van der Waals surface area contributed by atoms with Gasteiger partial charge in [0.05, 0.1) is 23.1 Å². The number of hydrogen-bond donors (Lipinski definition) is 1. The minimum absolute atomic E-state index is 0.00244. The number of hydrogen-bond acceptors (Lipinski definition) is 6. The molecule has 0 aliphatic carbocycles. The fourth-order valence-electron chi connectivity index (χ4n) is 4.53. The summed E-state index contributed by atoms with van der Waals surface area (Å²) in [5.41, 5.74) is 1.89. The van der Waals surface area contributed by atoms with Gasteiger partial charge in [-0.25, -0.2) is 9.59 Å². The maximum absolute atomic E-state index is 13.1. The average Bonchev–Trinajstić information content (AvgIpc) is 3.37. The Hall–Kier alpha value is -3.17.